The van der Waals surface area contributed by atoms with Crippen molar-refractivity contribution in [1.82, 2.24) is 9.38 Å². The van der Waals surface area contributed by atoms with Gasteiger partial charge in [-0.15, -0.1) is 16.9 Å². The summed E-state index contributed by atoms with van der Waals surface area (Å²) in [7, 11) is -1.25. The largest absolute Gasteiger partial charge is 0.296 e. The molecule has 4 heteroatoms. The maximum atomic E-state index is 4.05. The predicted molar refractivity (Wildman–Crippen MR) is 63.3 cm³/mol. The average molecular weight is 220 g/mol. The van der Waals surface area contributed by atoms with E-state index in [2.05, 4.69) is 36.1 Å². The van der Waals surface area contributed by atoms with Crippen LogP contribution in [0.2, 0.25) is 19.6 Å². The Hall–Kier alpha value is -1.05. The van der Waals surface area contributed by atoms with Crippen molar-refractivity contribution in [3.63, 3.8) is 0 Å². The fourth-order valence-corrected chi connectivity index (χ4v) is 2.45. The first-order chi connectivity index (χ1) is 6.54. The number of thiazole rings is 1. The van der Waals surface area contributed by atoms with Crippen LogP contribution < -0.4 is 0 Å². The Labute approximate surface area is 88.6 Å². The summed E-state index contributed by atoms with van der Waals surface area (Å²) >= 11 is 1.69. The number of imidazole rings is 1. The Kier molecular flexibility index (Phi) is 2.21. The molecule has 2 aromatic heterocycles. The maximum absolute atomic E-state index is 4.05. The average Bonchev–Trinajstić information content (AvgIpc) is 2.56. The lowest BCUT2D eigenvalue weighted by Crippen LogP contribution is -2.16. The second-order valence-electron chi connectivity index (χ2n) is 4.23. The van der Waals surface area contributed by atoms with E-state index in [4.69, 9.17) is 0 Å². The third-order valence-corrected chi connectivity index (χ3v) is 3.49. The number of aromatic nitrogens is 2. The SMILES string of the molecule is C[Si](C)(C)C#Cc1cn2cncc2s1. The van der Waals surface area contributed by atoms with E-state index in [0.717, 1.165) is 9.71 Å². The van der Waals surface area contributed by atoms with Crippen LogP contribution in [0.4, 0.5) is 0 Å². The molecule has 0 aliphatic heterocycles. The Morgan fingerprint density at radius 1 is 1.43 bits per heavy atom. The molecular weight excluding hydrogens is 208 g/mol. The molecule has 0 unspecified atom stereocenters. The lowest BCUT2D eigenvalue weighted by atomic mass is 10.6. The molecule has 0 spiro atoms. The van der Waals surface area contributed by atoms with Crippen molar-refractivity contribution in [1.29, 1.82) is 0 Å². The van der Waals surface area contributed by atoms with Crippen molar-refractivity contribution in [2.45, 2.75) is 19.6 Å². The first-order valence-corrected chi connectivity index (χ1v) is 8.81. The highest BCUT2D eigenvalue weighted by atomic mass is 32.1. The van der Waals surface area contributed by atoms with Crippen molar-refractivity contribution in [2.75, 3.05) is 0 Å². The summed E-state index contributed by atoms with van der Waals surface area (Å²) in [5, 5.41) is 0. The highest BCUT2D eigenvalue weighted by Crippen LogP contribution is 2.16. The molecule has 2 rings (SSSR count). The summed E-state index contributed by atoms with van der Waals surface area (Å²) in [4.78, 5) is 6.33. The van der Waals surface area contributed by atoms with E-state index in [1.807, 2.05) is 23.1 Å². The highest BCUT2D eigenvalue weighted by molar-refractivity contribution is 7.17. The van der Waals surface area contributed by atoms with Gasteiger partial charge in [0.1, 0.15) is 12.9 Å². The van der Waals surface area contributed by atoms with Crippen LogP contribution in [0.5, 0.6) is 0 Å². The van der Waals surface area contributed by atoms with Gasteiger partial charge < -0.3 is 0 Å². The summed E-state index contributed by atoms with van der Waals surface area (Å²) in [6.07, 6.45) is 5.72. The van der Waals surface area contributed by atoms with Crippen molar-refractivity contribution >= 4 is 24.2 Å². The molecule has 0 bridgehead atoms. The van der Waals surface area contributed by atoms with Gasteiger partial charge in [0.2, 0.25) is 0 Å². The molecule has 14 heavy (non-hydrogen) atoms. The summed E-state index contributed by atoms with van der Waals surface area (Å²) < 4.78 is 2.01. The smallest absolute Gasteiger partial charge is 0.129 e. The van der Waals surface area contributed by atoms with Gasteiger partial charge in [-0.05, 0) is 0 Å². The third kappa shape index (κ3) is 2.06. The topological polar surface area (TPSA) is 17.3 Å². The van der Waals surface area contributed by atoms with Gasteiger partial charge in [0, 0.05) is 6.20 Å². The van der Waals surface area contributed by atoms with E-state index in [0.29, 0.717) is 0 Å². The van der Waals surface area contributed by atoms with Gasteiger partial charge in [0.05, 0.1) is 17.4 Å². The van der Waals surface area contributed by atoms with Gasteiger partial charge in [-0.3, -0.25) is 4.40 Å². The van der Waals surface area contributed by atoms with E-state index >= 15 is 0 Å². The number of rotatable bonds is 0. The summed E-state index contributed by atoms with van der Waals surface area (Å²) in [5.74, 6) is 3.24. The predicted octanol–water partition coefficient (Wildman–Crippen LogP) is 2.62. The van der Waals surface area contributed by atoms with Crippen LogP contribution in [0.3, 0.4) is 0 Å². The molecule has 2 nitrogen and oxygen atoms in total. The number of fused-ring (bicyclic) bond motifs is 1. The van der Waals surface area contributed by atoms with Crippen LogP contribution in [0.15, 0.2) is 18.7 Å². The molecule has 0 aliphatic carbocycles. The van der Waals surface area contributed by atoms with Crippen LogP contribution >= 0.6 is 11.3 Å². The van der Waals surface area contributed by atoms with Gasteiger partial charge in [-0.25, -0.2) is 4.98 Å². The molecular formula is C10H12N2SSi. The second-order valence-corrected chi connectivity index (χ2v) is 10.0. The molecule has 0 fully saturated rings. The summed E-state index contributed by atoms with van der Waals surface area (Å²) in [6.45, 7) is 6.76. The van der Waals surface area contributed by atoms with Crippen molar-refractivity contribution < 1.29 is 0 Å². The Morgan fingerprint density at radius 3 is 2.86 bits per heavy atom. The van der Waals surface area contributed by atoms with Crippen molar-refractivity contribution in [3.8, 4) is 11.5 Å². The highest BCUT2D eigenvalue weighted by Gasteiger charge is 2.07. The van der Waals surface area contributed by atoms with Crippen molar-refractivity contribution in [3.05, 3.63) is 23.6 Å². The number of nitrogens with zero attached hydrogens (tertiary/aromatic N) is 2. The fraction of sp³-hybridized carbons (Fsp3) is 0.300. The molecule has 0 aliphatic rings. The monoisotopic (exact) mass is 220 g/mol. The van der Waals surface area contributed by atoms with E-state index < -0.39 is 8.07 Å². The van der Waals surface area contributed by atoms with E-state index in [1.54, 1.807) is 11.3 Å². The van der Waals surface area contributed by atoms with Crippen LogP contribution in [0.25, 0.3) is 4.83 Å². The number of hydrogen-bond donors (Lipinski definition) is 0. The zero-order valence-corrected chi connectivity index (χ0v) is 10.4. The molecule has 0 atom stereocenters. The molecule has 0 saturated heterocycles. The minimum Gasteiger partial charge on any atom is -0.296 e. The van der Waals surface area contributed by atoms with Gasteiger partial charge in [-0.1, -0.05) is 25.6 Å². The molecule has 0 aromatic carbocycles. The lowest BCUT2D eigenvalue weighted by Gasteiger charge is -2.02. The van der Waals surface area contributed by atoms with Gasteiger partial charge in [0.25, 0.3) is 0 Å². The lowest BCUT2D eigenvalue weighted by molar-refractivity contribution is 1.17. The van der Waals surface area contributed by atoms with E-state index in [-0.39, 0.29) is 0 Å². The first kappa shape index (κ1) is 9.50. The van der Waals surface area contributed by atoms with Crippen LogP contribution in [-0.4, -0.2) is 17.5 Å². The minimum atomic E-state index is -1.25. The van der Waals surface area contributed by atoms with Crippen LogP contribution in [0.1, 0.15) is 4.88 Å². The van der Waals surface area contributed by atoms with E-state index in [1.165, 1.54) is 0 Å². The molecule has 72 valence electrons. The zero-order chi connectivity index (χ0) is 10.2. The number of hydrogen-bond acceptors (Lipinski definition) is 2. The standard InChI is InChI=1S/C10H12N2SSi/c1-14(2,3)5-4-9-7-12-8-11-6-10(12)13-9/h6-8H,1-3H3. The fourth-order valence-electron chi connectivity index (χ4n) is 1.04. The maximum Gasteiger partial charge on any atom is 0.129 e. The summed E-state index contributed by atoms with van der Waals surface area (Å²) in [6, 6.07) is 0. The third-order valence-electron chi connectivity index (χ3n) is 1.66. The van der Waals surface area contributed by atoms with E-state index in [9.17, 15) is 0 Å². The second kappa shape index (κ2) is 3.26. The first-order valence-electron chi connectivity index (χ1n) is 4.49. The zero-order valence-electron chi connectivity index (χ0n) is 8.53. The van der Waals surface area contributed by atoms with Crippen LogP contribution in [-0.2, 0) is 0 Å². The quantitative estimate of drug-likeness (QED) is 0.493. The van der Waals surface area contributed by atoms with Crippen molar-refractivity contribution in [2.24, 2.45) is 0 Å². The molecule has 0 saturated carbocycles. The molecule has 2 heterocycles. The van der Waals surface area contributed by atoms with Crippen LogP contribution in [0, 0.1) is 11.5 Å². The van der Waals surface area contributed by atoms with Gasteiger partial charge >= 0.3 is 0 Å². The van der Waals surface area contributed by atoms with Gasteiger partial charge in [0.15, 0.2) is 0 Å². The minimum absolute atomic E-state index is 1.13. The molecule has 0 amide bonds. The molecule has 0 radical (unpaired) electrons. The molecule has 2 aromatic rings. The Bertz CT molecular complexity index is 479. The summed E-state index contributed by atoms with van der Waals surface area (Å²) in [5.41, 5.74) is 3.35. The van der Waals surface area contributed by atoms with Gasteiger partial charge in [-0.2, -0.15) is 0 Å². The Balaban J connectivity index is 2.35. The molecule has 0 N–H and O–H groups in total. The Morgan fingerprint density at radius 2 is 2.21 bits per heavy atom. The normalized spacial score (nSPS) is 11.4.